The molecule has 3 nitrogen and oxygen atoms in total. The monoisotopic (exact) mass is 562 g/mol. The van der Waals surface area contributed by atoms with Crippen LogP contribution in [0.25, 0.3) is 0 Å². The van der Waals surface area contributed by atoms with Crippen molar-refractivity contribution < 1.29 is 4.74 Å². The largest absolute Gasteiger partial charge is 0.453 e. The molecular formula is C38H30N2OS. The first-order valence-corrected chi connectivity index (χ1v) is 14.9. The summed E-state index contributed by atoms with van der Waals surface area (Å²) in [5, 5.41) is 0. The normalized spacial score (nSPS) is 12.5. The van der Waals surface area contributed by atoms with Gasteiger partial charge in [-0.2, -0.15) is 0 Å². The van der Waals surface area contributed by atoms with Gasteiger partial charge in [-0.3, -0.25) is 0 Å². The second-order valence-corrected chi connectivity index (χ2v) is 11.5. The van der Waals surface area contributed by atoms with Gasteiger partial charge in [-0.05, 0) is 97.8 Å². The highest BCUT2D eigenvalue weighted by atomic mass is 32.2. The summed E-state index contributed by atoms with van der Waals surface area (Å²) >= 11 is 1.85. The molecule has 0 fully saturated rings. The number of anilines is 6. The first-order chi connectivity index (χ1) is 20.7. The van der Waals surface area contributed by atoms with Crippen molar-refractivity contribution in [1.29, 1.82) is 0 Å². The van der Waals surface area contributed by atoms with Gasteiger partial charge < -0.3 is 14.5 Å². The Labute approximate surface area is 251 Å². The molecule has 42 heavy (non-hydrogen) atoms. The molecule has 0 bridgehead atoms. The molecule has 8 rings (SSSR count). The fraction of sp³-hybridized carbons (Fsp3) is 0.0526. The quantitative estimate of drug-likeness (QED) is 0.208. The zero-order chi connectivity index (χ0) is 28.5. The average molecular weight is 563 g/mol. The lowest BCUT2D eigenvalue weighted by molar-refractivity contribution is 0.476. The molecule has 0 radical (unpaired) electrons. The van der Waals surface area contributed by atoms with Crippen LogP contribution in [-0.4, -0.2) is 0 Å². The highest BCUT2D eigenvalue weighted by Gasteiger charge is 2.26. The second kappa shape index (κ2) is 11.2. The molecule has 0 saturated heterocycles. The Morgan fingerprint density at radius 1 is 0.429 bits per heavy atom. The summed E-state index contributed by atoms with van der Waals surface area (Å²) in [5.41, 5.74) is 9.49. The number of hydrogen-bond donors (Lipinski definition) is 0. The summed E-state index contributed by atoms with van der Waals surface area (Å²) in [6.07, 6.45) is 0. The van der Waals surface area contributed by atoms with E-state index < -0.39 is 0 Å². The predicted molar refractivity (Wildman–Crippen MR) is 176 cm³/mol. The number of aryl methyl sites for hydroxylation is 2. The Balaban J connectivity index is 0.000000137. The van der Waals surface area contributed by atoms with Crippen LogP contribution in [0.3, 0.4) is 0 Å². The Hall–Kier alpha value is -4.93. The van der Waals surface area contributed by atoms with Gasteiger partial charge in [0.15, 0.2) is 11.5 Å². The molecule has 2 heterocycles. The molecule has 4 heteroatoms. The van der Waals surface area contributed by atoms with E-state index in [4.69, 9.17) is 4.74 Å². The van der Waals surface area contributed by atoms with Gasteiger partial charge >= 0.3 is 0 Å². The highest BCUT2D eigenvalue weighted by Crippen LogP contribution is 2.52. The molecule has 6 aromatic carbocycles. The molecular weight excluding hydrogens is 532 g/mol. The molecule has 0 unspecified atom stereocenters. The minimum atomic E-state index is 0.888. The van der Waals surface area contributed by atoms with Crippen molar-refractivity contribution in [3.63, 3.8) is 0 Å². The Bertz CT molecular complexity index is 1730. The van der Waals surface area contributed by atoms with Crippen molar-refractivity contribution in [2.24, 2.45) is 0 Å². The zero-order valence-electron chi connectivity index (χ0n) is 23.6. The summed E-state index contributed by atoms with van der Waals surface area (Å²) in [7, 11) is 0. The molecule has 0 N–H and O–H groups in total. The van der Waals surface area contributed by atoms with Crippen molar-refractivity contribution >= 4 is 45.9 Å². The van der Waals surface area contributed by atoms with E-state index in [1.54, 1.807) is 0 Å². The van der Waals surface area contributed by atoms with E-state index in [9.17, 15) is 0 Å². The smallest absolute Gasteiger partial charge is 0.151 e. The molecule has 6 aromatic rings. The van der Waals surface area contributed by atoms with Crippen LogP contribution in [0.15, 0.2) is 155 Å². The standard InChI is InChI=1S/C19H15NO.C19H15NS/c2*1-14-11-12-17-19(13-14)21-18-10-6-5-9-16(18)20(17)15-7-3-2-4-8-15/h2*2-13H,1H3. The van der Waals surface area contributed by atoms with Crippen LogP contribution in [0.2, 0.25) is 0 Å². The van der Waals surface area contributed by atoms with Gasteiger partial charge in [-0.15, -0.1) is 0 Å². The summed E-state index contributed by atoms with van der Waals surface area (Å²) in [6, 6.07) is 50.7. The maximum Gasteiger partial charge on any atom is 0.151 e. The number of rotatable bonds is 2. The lowest BCUT2D eigenvalue weighted by Gasteiger charge is -2.33. The van der Waals surface area contributed by atoms with Gasteiger partial charge in [0.05, 0.1) is 22.7 Å². The molecule has 0 atom stereocenters. The third kappa shape index (κ3) is 4.91. The molecule has 0 amide bonds. The maximum absolute atomic E-state index is 6.07. The topological polar surface area (TPSA) is 15.7 Å². The first kappa shape index (κ1) is 26.0. The molecule has 0 aliphatic carbocycles. The number of benzene rings is 6. The van der Waals surface area contributed by atoms with E-state index in [2.05, 4.69) is 145 Å². The molecule has 204 valence electrons. The van der Waals surface area contributed by atoms with E-state index in [0.29, 0.717) is 0 Å². The number of ether oxygens (including phenoxy) is 1. The van der Waals surface area contributed by atoms with E-state index in [1.165, 1.54) is 38.0 Å². The molecule has 0 saturated carbocycles. The van der Waals surface area contributed by atoms with Crippen LogP contribution in [0.4, 0.5) is 34.1 Å². The number of nitrogens with zero attached hydrogens (tertiary/aromatic N) is 2. The first-order valence-electron chi connectivity index (χ1n) is 14.1. The van der Waals surface area contributed by atoms with Gasteiger partial charge in [-0.1, -0.05) is 84.6 Å². The summed E-state index contributed by atoms with van der Waals surface area (Å²) in [6.45, 7) is 4.23. The average Bonchev–Trinajstić information content (AvgIpc) is 3.03. The van der Waals surface area contributed by atoms with Gasteiger partial charge in [0, 0.05) is 21.2 Å². The number of hydrogen-bond acceptors (Lipinski definition) is 4. The van der Waals surface area contributed by atoms with E-state index in [1.807, 2.05) is 36.0 Å². The second-order valence-electron chi connectivity index (χ2n) is 10.4. The molecule has 2 aliphatic heterocycles. The fourth-order valence-corrected chi connectivity index (χ4v) is 6.60. The van der Waals surface area contributed by atoms with Crippen LogP contribution >= 0.6 is 11.8 Å². The van der Waals surface area contributed by atoms with E-state index in [-0.39, 0.29) is 0 Å². The highest BCUT2D eigenvalue weighted by molar-refractivity contribution is 7.99. The number of fused-ring (bicyclic) bond motifs is 4. The Morgan fingerprint density at radius 3 is 1.64 bits per heavy atom. The summed E-state index contributed by atoms with van der Waals surface area (Å²) < 4.78 is 6.07. The molecule has 0 spiro atoms. The Kier molecular flexibility index (Phi) is 6.90. The van der Waals surface area contributed by atoms with Crippen molar-refractivity contribution in [2.45, 2.75) is 23.6 Å². The summed E-state index contributed by atoms with van der Waals surface area (Å²) in [5.74, 6) is 1.79. The van der Waals surface area contributed by atoms with Crippen molar-refractivity contribution in [1.82, 2.24) is 0 Å². The van der Waals surface area contributed by atoms with Crippen LogP contribution in [0.1, 0.15) is 11.1 Å². The number of para-hydroxylation sites is 5. The van der Waals surface area contributed by atoms with Crippen molar-refractivity contribution in [3.05, 3.63) is 157 Å². The molecule has 2 aliphatic rings. The predicted octanol–water partition coefficient (Wildman–Crippen LogP) is 11.5. The third-order valence-corrected chi connectivity index (χ3v) is 8.51. The zero-order valence-corrected chi connectivity index (χ0v) is 24.4. The van der Waals surface area contributed by atoms with Gasteiger partial charge in [0.25, 0.3) is 0 Å². The van der Waals surface area contributed by atoms with Crippen molar-refractivity contribution in [3.8, 4) is 11.5 Å². The lowest BCUT2D eigenvalue weighted by atomic mass is 10.1. The van der Waals surface area contributed by atoms with Crippen LogP contribution in [-0.2, 0) is 0 Å². The van der Waals surface area contributed by atoms with Gasteiger partial charge in [0.2, 0.25) is 0 Å². The minimum Gasteiger partial charge on any atom is -0.453 e. The summed E-state index contributed by atoms with van der Waals surface area (Å²) in [4.78, 5) is 7.21. The van der Waals surface area contributed by atoms with E-state index in [0.717, 1.165) is 28.6 Å². The third-order valence-electron chi connectivity index (χ3n) is 7.39. The van der Waals surface area contributed by atoms with Crippen LogP contribution in [0.5, 0.6) is 11.5 Å². The Morgan fingerprint density at radius 2 is 0.929 bits per heavy atom. The fourth-order valence-electron chi connectivity index (χ4n) is 5.44. The lowest BCUT2D eigenvalue weighted by Crippen LogP contribution is -2.15. The van der Waals surface area contributed by atoms with Gasteiger partial charge in [-0.25, -0.2) is 0 Å². The van der Waals surface area contributed by atoms with Crippen LogP contribution < -0.4 is 14.5 Å². The molecule has 0 aromatic heterocycles. The van der Waals surface area contributed by atoms with E-state index >= 15 is 0 Å². The SMILES string of the molecule is Cc1ccc2c(c1)Oc1ccccc1N2c1ccccc1.Cc1ccc2c(c1)Sc1ccccc1N2c1ccccc1. The minimum absolute atomic E-state index is 0.888. The van der Waals surface area contributed by atoms with Gasteiger partial charge in [0.1, 0.15) is 0 Å². The van der Waals surface area contributed by atoms with Crippen molar-refractivity contribution in [2.75, 3.05) is 9.80 Å². The van der Waals surface area contributed by atoms with Crippen LogP contribution in [0, 0.1) is 13.8 Å². The maximum atomic E-state index is 6.07.